The summed E-state index contributed by atoms with van der Waals surface area (Å²) in [4.78, 5) is 16.7. The van der Waals surface area contributed by atoms with Gasteiger partial charge in [-0.1, -0.05) is 0 Å². The normalized spacial score (nSPS) is 10.4. The number of esters is 1. The second-order valence-electron chi connectivity index (χ2n) is 3.86. The highest BCUT2D eigenvalue weighted by molar-refractivity contribution is 9.10. The van der Waals surface area contributed by atoms with E-state index in [9.17, 15) is 4.79 Å². The van der Waals surface area contributed by atoms with Gasteiger partial charge in [-0.15, -0.1) is 11.3 Å². The van der Waals surface area contributed by atoms with Gasteiger partial charge in [-0.3, -0.25) is 4.98 Å². The summed E-state index contributed by atoms with van der Waals surface area (Å²) in [7, 11) is 1.36. The predicted molar refractivity (Wildman–Crippen MR) is 78.1 cm³/mol. The van der Waals surface area contributed by atoms with E-state index in [0.29, 0.717) is 12.1 Å². The molecule has 0 unspecified atom stereocenters. The number of aromatic nitrogens is 1. The molecule has 0 fully saturated rings. The third-order valence-corrected chi connectivity index (χ3v) is 4.17. The monoisotopic (exact) mass is 340 g/mol. The number of pyridine rings is 1. The highest BCUT2D eigenvalue weighted by Crippen LogP contribution is 2.19. The number of hydrogen-bond donors (Lipinski definition) is 1. The maximum Gasteiger partial charge on any atom is 0.339 e. The van der Waals surface area contributed by atoms with Crippen LogP contribution in [0.3, 0.4) is 0 Å². The molecule has 0 bridgehead atoms. The number of carbonyl (C=O) groups excluding carboxylic acids is 1. The summed E-state index contributed by atoms with van der Waals surface area (Å²) < 4.78 is 5.73. The van der Waals surface area contributed by atoms with Gasteiger partial charge in [0.15, 0.2) is 0 Å². The number of hydrogen-bond acceptors (Lipinski definition) is 5. The van der Waals surface area contributed by atoms with Crippen molar-refractivity contribution in [3.63, 3.8) is 0 Å². The van der Waals surface area contributed by atoms with Crippen LogP contribution in [-0.2, 0) is 17.8 Å². The minimum Gasteiger partial charge on any atom is -0.465 e. The number of thiophene rings is 1. The van der Waals surface area contributed by atoms with Crippen LogP contribution < -0.4 is 5.32 Å². The van der Waals surface area contributed by atoms with Gasteiger partial charge in [-0.2, -0.15) is 0 Å². The molecule has 6 heteroatoms. The molecule has 19 heavy (non-hydrogen) atoms. The molecule has 0 aliphatic carbocycles. The van der Waals surface area contributed by atoms with Gasteiger partial charge in [-0.05, 0) is 34.1 Å². The van der Waals surface area contributed by atoms with Crippen LogP contribution in [0.4, 0.5) is 0 Å². The first kappa shape index (κ1) is 14.2. The molecule has 1 N–H and O–H groups in total. The van der Waals surface area contributed by atoms with Crippen molar-refractivity contribution >= 4 is 33.2 Å². The zero-order chi connectivity index (χ0) is 13.7. The third-order valence-electron chi connectivity index (χ3n) is 2.47. The molecule has 2 aromatic rings. The lowest BCUT2D eigenvalue weighted by Gasteiger charge is -2.03. The van der Waals surface area contributed by atoms with E-state index in [4.69, 9.17) is 0 Å². The highest BCUT2D eigenvalue weighted by Gasteiger charge is 2.05. The fourth-order valence-corrected chi connectivity index (χ4v) is 2.95. The summed E-state index contributed by atoms with van der Waals surface area (Å²) in [5.74, 6) is -0.365. The van der Waals surface area contributed by atoms with Crippen molar-refractivity contribution in [3.8, 4) is 0 Å². The van der Waals surface area contributed by atoms with Gasteiger partial charge >= 0.3 is 5.97 Å². The van der Waals surface area contributed by atoms with Crippen molar-refractivity contribution in [3.05, 3.63) is 50.4 Å². The summed E-state index contributed by atoms with van der Waals surface area (Å²) in [5.41, 5.74) is 1.36. The predicted octanol–water partition coefficient (Wildman–Crippen LogP) is 2.98. The van der Waals surface area contributed by atoms with Crippen LogP contribution in [-0.4, -0.2) is 18.1 Å². The van der Waals surface area contributed by atoms with Gasteiger partial charge < -0.3 is 10.1 Å². The number of carbonyl (C=O) groups is 1. The maximum absolute atomic E-state index is 11.2. The zero-order valence-corrected chi connectivity index (χ0v) is 12.8. The summed E-state index contributed by atoms with van der Waals surface area (Å²) in [6, 6.07) is 5.63. The van der Waals surface area contributed by atoms with Crippen molar-refractivity contribution in [1.29, 1.82) is 0 Å². The Morgan fingerprint density at radius 2 is 2.32 bits per heavy atom. The lowest BCUT2D eigenvalue weighted by Crippen LogP contribution is -2.13. The van der Waals surface area contributed by atoms with E-state index in [1.165, 1.54) is 18.2 Å². The number of ether oxygens (including phenoxy) is 1. The van der Waals surface area contributed by atoms with E-state index in [1.54, 1.807) is 17.4 Å². The summed E-state index contributed by atoms with van der Waals surface area (Å²) in [6.45, 7) is 1.47. The zero-order valence-electron chi connectivity index (χ0n) is 10.4. The first-order valence-corrected chi connectivity index (χ1v) is 7.33. The van der Waals surface area contributed by atoms with Crippen molar-refractivity contribution in [1.82, 2.24) is 10.3 Å². The lowest BCUT2D eigenvalue weighted by atomic mass is 10.2. The van der Waals surface area contributed by atoms with E-state index in [0.717, 1.165) is 16.7 Å². The van der Waals surface area contributed by atoms with Crippen LogP contribution in [0.2, 0.25) is 0 Å². The molecule has 0 aliphatic rings. The summed E-state index contributed by atoms with van der Waals surface area (Å²) in [6.07, 6.45) is 1.53. The van der Waals surface area contributed by atoms with Crippen LogP contribution >= 0.6 is 27.3 Å². The topological polar surface area (TPSA) is 51.2 Å². The molecular formula is C13H13BrN2O2S. The summed E-state index contributed by atoms with van der Waals surface area (Å²) in [5, 5.41) is 5.36. The molecule has 2 aromatic heterocycles. The molecule has 2 rings (SSSR count). The molecule has 100 valence electrons. The van der Waals surface area contributed by atoms with Crippen molar-refractivity contribution in [2.24, 2.45) is 0 Å². The van der Waals surface area contributed by atoms with Crippen molar-refractivity contribution in [2.75, 3.05) is 7.11 Å². The Hall–Kier alpha value is -1.24. The largest absolute Gasteiger partial charge is 0.465 e. The molecule has 0 amide bonds. The molecule has 0 aliphatic heterocycles. The first-order chi connectivity index (χ1) is 9.19. The molecule has 2 heterocycles. The Balaban J connectivity index is 1.84. The van der Waals surface area contributed by atoms with Crippen LogP contribution in [0.1, 0.15) is 20.9 Å². The molecule has 0 saturated carbocycles. The minimum atomic E-state index is -0.365. The Morgan fingerprint density at radius 3 is 2.89 bits per heavy atom. The maximum atomic E-state index is 11.2. The fourth-order valence-electron chi connectivity index (χ4n) is 1.53. The number of nitrogens with one attached hydrogen (secondary N) is 1. The van der Waals surface area contributed by atoms with Crippen LogP contribution in [0.25, 0.3) is 0 Å². The van der Waals surface area contributed by atoms with Crippen LogP contribution in [0.15, 0.2) is 34.2 Å². The quantitative estimate of drug-likeness (QED) is 0.850. The van der Waals surface area contributed by atoms with E-state index in [2.05, 4.69) is 42.4 Å². The molecule has 0 spiro atoms. The SMILES string of the molecule is COC(=O)c1ccc(CNCc2cc(Br)cs2)nc1. The fraction of sp³-hybridized carbons (Fsp3) is 0.231. The molecule has 0 aromatic carbocycles. The molecule has 0 saturated heterocycles. The van der Waals surface area contributed by atoms with Gasteiger partial charge in [-0.25, -0.2) is 4.79 Å². The van der Waals surface area contributed by atoms with Crippen molar-refractivity contribution < 1.29 is 9.53 Å². The highest BCUT2D eigenvalue weighted by atomic mass is 79.9. The number of rotatable bonds is 5. The number of methoxy groups -OCH3 is 1. The standard InChI is InChI=1S/C13H13BrN2O2S/c1-18-13(17)9-2-3-11(16-5-9)6-15-7-12-4-10(14)8-19-12/h2-5,8,15H,6-7H2,1H3. The third kappa shape index (κ3) is 4.12. The van der Waals surface area contributed by atoms with Crippen LogP contribution in [0.5, 0.6) is 0 Å². The molecular weight excluding hydrogens is 328 g/mol. The Morgan fingerprint density at radius 1 is 1.47 bits per heavy atom. The second-order valence-corrected chi connectivity index (χ2v) is 5.78. The van der Waals surface area contributed by atoms with Gasteiger partial charge in [0.25, 0.3) is 0 Å². The molecule has 4 nitrogen and oxygen atoms in total. The average molecular weight is 341 g/mol. The Kier molecular flexibility index (Phi) is 5.07. The van der Waals surface area contributed by atoms with Crippen molar-refractivity contribution in [2.45, 2.75) is 13.1 Å². The van der Waals surface area contributed by atoms with E-state index < -0.39 is 0 Å². The number of halogens is 1. The van der Waals surface area contributed by atoms with Gasteiger partial charge in [0.1, 0.15) is 0 Å². The minimum absolute atomic E-state index is 0.365. The van der Waals surface area contributed by atoms with Gasteiger partial charge in [0.2, 0.25) is 0 Å². The Labute approximate surface area is 124 Å². The first-order valence-electron chi connectivity index (χ1n) is 5.66. The molecule has 0 atom stereocenters. The van der Waals surface area contributed by atoms with E-state index >= 15 is 0 Å². The summed E-state index contributed by atoms with van der Waals surface area (Å²) >= 11 is 5.13. The van der Waals surface area contributed by atoms with Gasteiger partial charge in [0, 0.05) is 34.0 Å². The molecule has 0 radical (unpaired) electrons. The average Bonchev–Trinajstić information content (AvgIpc) is 2.84. The lowest BCUT2D eigenvalue weighted by molar-refractivity contribution is 0.0600. The number of nitrogens with zero attached hydrogens (tertiary/aromatic N) is 1. The van der Waals surface area contributed by atoms with Gasteiger partial charge in [0.05, 0.1) is 18.4 Å². The second kappa shape index (κ2) is 6.79. The Bertz CT molecular complexity index is 554. The van der Waals surface area contributed by atoms with Crippen LogP contribution in [0, 0.1) is 0 Å². The van der Waals surface area contributed by atoms with E-state index in [-0.39, 0.29) is 5.97 Å². The smallest absolute Gasteiger partial charge is 0.339 e. The van der Waals surface area contributed by atoms with E-state index in [1.807, 2.05) is 6.07 Å².